The monoisotopic (exact) mass is 419 g/mol. The molecule has 2 atom stereocenters. The zero-order valence-corrected chi connectivity index (χ0v) is 17.2. The third kappa shape index (κ3) is 4.77. The maximum absolute atomic E-state index is 12.9. The lowest BCUT2D eigenvalue weighted by Gasteiger charge is -2.27. The number of carbonyl (C=O) groups excluding carboxylic acids is 2. The van der Waals surface area contributed by atoms with Crippen LogP contribution in [-0.2, 0) is 16.6 Å². The molecule has 3 heterocycles. The molecule has 2 N–H and O–H groups in total. The first kappa shape index (κ1) is 21.3. The van der Waals surface area contributed by atoms with Crippen molar-refractivity contribution in [1.82, 2.24) is 20.0 Å². The topological polar surface area (TPSA) is 88.5 Å². The lowest BCUT2D eigenvalue weighted by molar-refractivity contribution is -0.119. The maximum Gasteiger partial charge on any atom is 0.254 e. The van der Waals surface area contributed by atoms with Gasteiger partial charge in [-0.2, -0.15) is 5.10 Å². The molecule has 0 bridgehead atoms. The van der Waals surface area contributed by atoms with Gasteiger partial charge in [0.25, 0.3) is 5.91 Å². The van der Waals surface area contributed by atoms with E-state index >= 15 is 0 Å². The van der Waals surface area contributed by atoms with Crippen LogP contribution in [0.2, 0.25) is 0 Å². The number of nitrogens with one attached hydrogen (secondary N) is 2. The van der Waals surface area contributed by atoms with Gasteiger partial charge in [-0.15, -0.1) is 12.4 Å². The Kier molecular flexibility index (Phi) is 6.89. The summed E-state index contributed by atoms with van der Waals surface area (Å²) >= 11 is 0. The summed E-state index contributed by atoms with van der Waals surface area (Å²) in [6.07, 6.45) is 3.78. The minimum Gasteiger partial charge on any atom is -0.378 e. The molecule has 2 aliphatic heterocycles. The van der Waals surface area contributed by atoms with E-state index in [9.17, 15) is 9.59 Å². The summed E-state index contributed by atoms with van der Waals surface area (Å²) < 4.78 is 7.06. The fourth-order valence-corrected chi connectivity index (χ4v) is 3.85. The standard InChI is InChI=1S/C20H25N5O3.ClH/c1-24-13-15(10-22-24)17-11-21-12-18(17)19(26)23-16-4-2-3-14(9-16)20(27)25-5-7-28-8-6-25;/h2-4,9-10,13,17-18,21H,5-8,11-12H2,1H3,(H,23,26);1H/t17-,18+;/m1./s1. The molecule has 2 amide bonds. The summed E-state index contributed by atoms with van der Waals surface area (Å²) in [4.78, 5) is 27.4. The molecule has 0 saturated carbocycles. The van der Waals surface area contributed by atoms with E-state index in [0.29, 0.717) is 44.1 Å². The molecule has 29 heavy (non-hydrogen) atoms. The molecule has 0 aliphatic carbocycles. The van der Waals surface area contributed by atoms with E-state index in [1.165, 1.54) is 0 Å². The van der Waals surface area contributed by atoms with Crippen LogP contribution in [0, 0.1) is 5.92 Å². The van der Waals surface area contributed by atoms with Crippen molar-refractivity contribution >= 4 is 29.9 Å². The van der Waals surface area contributed by atoms with Crippen LogP contribution in [0.3, 0.4) is 0 Å². The highest BCUT2D eigenvalue weighted by Crippen LogP contribution is 2.29. The highest BCUT2D eigenvalue weighted by atomic mass is 35.5. The average molecular weight is 420 g/mol. The SMILES string of the molecule is Cl.Cn1cc([C@H]2CNC[C@@H]2C(=O)Nc2cccc(C(=O)N3CCOCC3)c2)cn1. The molecule has 1 aromatic carbocycles. The third-order valence-corrected chi connectivity index (χ3v) is 5.38. The molecule has 4 rings (SSSR count). The lowest BCUT2D eigenvalue weighted by Crippen LogP contribution is -2.40. The van der Waals surface area contributed by atoms with Gasteiger partial charge in [0.1, 0.15) is 0 Å². The maximum atomic E-state index is 12.9. The normalized spacial score (nSPS) is 21.5. The second kappa shape index (κ2) is 9.39. The van der Waals surface area contributed by atoms with Gasteiger partial charge in [-0.25, -0.2) is 0 Å². The van der Waals surface area contributed by atoms with Gasteiger partial charge < -0.3 is 20.3 Å². The first-order chi connectivity index (χ1) is 13.6. The predicted molar refractivity (Wildman–Crippen MR) is 111 cm³/mol. The molecular formula is C20H26ClN5O3. The van der Waals surface area contributed by atoms with E-state index < -0.39 is 0 Å². The Labute approximate surface area is 176 Å². The van der Waals surface area contributed by atoms with Crippen LogP contribution in [0.25, 0.3) is 0 Å². The molecule has 2 saturated heterocycles. The summed E-state index contributed by atoms with van der Waals surface area (Å²) in [6.45, 7) is 3.68. The van der Waals surface area contributed by atoms with Crippen molar-refractivity contribution in [2.75, 3.05) is 44.7 Å². The van der Waals surface area contributed by atoms with Crippen molar-refractivity contribution in [3.8, 4) is 0 Å². The van der Waals surface area contributed by atoms with Crippen molar-refractivity contribution in [3.63, 3.8) is 0 Å². The number of anilines is 1. The van der Waals surface area contributed by atoms with Crippen LogP contribution in [0.1, 0.15) is 21.8 Å². The predicted octanol–water partition coefficient (Wildman–Crippen LogP) is 1.26. The summed E-state index contributed by atoms with van der Waals surface area (Å²) in [5, 5.41) is 10.5. The van der Waals surface area contributed by atoms with E-state index in [0.717, 1.165) is 12.1 Å². The van der Waals surface area contributed by atoms with Gasteiger partial charge in [-0.3, -0.25) is 14.3 Å². The minimum absolute atomic E-state index is 0. The van der Waals surface area contributed by atoms with Gasteiger partial charge in [0.2, 0.25) is 5.91 Å². The smallest absolute Gasteiger partial charge is 0.254 e. The Balaban J connectivity index is 0.00000240. The summed E-state index contributed by atoms with van der Waals surface area (Å²) in [5.41, 5.74) is 2.28. The first-order valence-electron chi connectivity index (χ1n) is 9.59. The quantitative estimate of drug-likeness (QED) is 0.778. The molecule has 0 unspecified atom stereocenters. The Morgan fingerprint density at radius 1 is 1.24 bits per heavy atom. The van der Waals surface area contributed by atoms with Crippen molar-refractivity contribution in [2.24, 2.45) is 13.0 Å². The number of ether oxygens (including phenoxy) is 1. The number of morpholine rings is 1. The molecule has 9 heteroatoms. The number of halogens is 1. The number of carbonyl (C=O) groups is 2. The van der Waals surface area contributed by atoms with E-state index in [2.05, 4.69) is 15.7 Å². The zero-order valence-electron chi connectivity index (χ0n) is 16.3. The minimum atomic E-state index is -0.178. The summed E-state index contributed by atoms with van der Waals surface area (Å²) in [7, 11) is 1.87. The molecule has 1 aromatic heterocycles. The van der Waals surface area contributed by atoms with Gasteiger partial charge in [-0.1, -0.05) is 6.07 Å². The van der Waals surface area contributed by atoms with E-state index in [1.807, 2.05) is 25.5 Å². The molecule has 0 spiro atoms. The van der Waals surface area contributed by atoms with Gasteiger partial charge in [0.05, 0.1) is 25.3 Å². The molecule has 0 radical (unpaired) electrons. The highest BCUT2D eigenvalue weighted by Gasteiger charge is 2.34. The first-order valence-corrected chi connectivity index (χ1v) is 9.59. The number of rotatable bonds is 4. The van der Waals surface area contributed by atoms with Crippen molar-refractivity contribution in [2.45, 2.75) is 5.92 Å². The Bertz CT molecular complexity index is 865. The number of aromatic nitrogens is 2. The van der Waals surface area contributed by atoms with Crippen molar-refractivity contribution in [3.05, 3.63) is 47.8 Å². The Hall–Kier alpha value is -2.42. The lowest BCUT2D eigenvalue weighted by atomic mass is 9.90. The highest BCUT2D eigenvalue weighted by molar-refractivity contribution is 5.98. The van der Waals surface area contributed by atoms with E-state index in [4.69, 9.17) is 4.74 Å². The largest absolute Gasteiger partial charge is 0.378 e. The van der Waals surface area contributed by atoms with Crippen LogP contribution in [-0.4, -0.2) is 65.9 Å². The van der Waals surface area contributed by atoms with Gasteiger partial charge in [0.15, 0.2) is 0 Å². The Morgan fingerprint density at radius 3 is 2.76 bits per heavy atom. The van der Waals surface area contributed by atoms with Gasteiger partial charge >= 0.3 is 0 Å². The summed E-state index contributed by atoms with van der Waals surface area (Å²) in [6, 6.07) is 7.14. The number of aryl methyl sites for hydroxylation is 1. The van der Waals surface area contributed by atoms with E-state index in [-0.39, 0.29) is 36.1 Å². The number of hydrogen-bond acceptors (Lipinski definition) is 5. The molecule has 2 aromatic rings. The number of benzene rings is 1. The summed E-state index contributed by atoms with van der Waals surface area (Å²) in [5.74, 6) is -0.167. The number of hydrogen-bond donors (Lipinski definition) is 2. The van der Waals surface area contributed by atoms with Crippen LogP contribution >= 0.6 is 12.4 Å². The molecule has 8 nitrogen and oxygen atoms in total. The van der Waals surface area contributed by atoms with Gasteiger partial charge in [0, 0.05) is 56.6 Å². The van der Waals surface area contributed by atoms with Crippen molar-refractivity contribution in [1.29, 1.82) is 0 Å². The molecular weight excluding hydrogens is 394 g/mol. The zero-order chi connectivity index (χ0) is 19.5. The van der Waals surface area contributed by atoms with Crippen LogP contribution < -0.4 is 10.6 Å². The fraction of sp³-hybridized carbons (Fsp3) is 0.450. The van der Waals surface area contributed by atoms with Crippen LogP contribution in [0.15, 0.2) is 36.7 Å². The van der Waals surface area contributed by atoms with Gasteiger partial charge in [-0.05, 0) is 23.8 Å². The number of nitrogens with zero attached hydrogens (tertiary/aromatic N) is 3. The van der Waals surface area contributed by atoms with Crippen molar-refractivity contribution < 1.29 is 14.3 Å². The molecule has 2 aliphatic rings. The Morgan fingerprint density at radius 2 is 2.03 bits per heavy atom. The van der Waals surface area contributed by atoms with Crippen LogP contribution in [0.5, 0.6) is 0 Å². The average Bonchev–Trinajstić information content (AvgIpc) is 3.37. The molecule has 156 valence electrons. The van der Waals surface area contributed by atoms with E-state index in [1.54, 1.807) is 27.8 Å². The second-order valence-electron chi connectivity index (χ2n) is 7.29. The molecule has 2 fully saturated rings. The number of amides is 2. The third-order valence-electron chi connectivity index (χ3n) is 5.38. The van der Waals surface area contributed by atoms with Crippen LogP contribution in [0.4, 0.5) is 5.69 Å². The fourth-order valence-electron chi connectivity index (χ4n) is 3.85. The second-order valence-corrected chi connectivity index (χ2v) is 7.29.